The van der Waals surface area contributed by atoms with Gasteiger partial charge in [-0.3, -0.25) is 9.59 Å². The number of amides is 1. The number of aliphatic carboxylic acids is 1. The monoisotopic (exact) mass is 300 g/mol. The number of aryl methyl sites for hydroxylation is 1. The number of para-hydroxylation sites is 1. The molecule has 2 aromatic rings. The molecule has 0 saturated heterocycles. The smallest absolute Gasteiger partial charge is 0.308 e. The number of benzene rings is 1. The van der Waals surface area contributed by atoms with E-state index in [0.29, 0.717) is 5.69 Å². The molecule has 1 atom stereocenters. The van der Waals surface area contributed by atoms with Gasteiger partial charge in [-0.25, -0.2) is 0 Å². The molecule has 0 spiro atoms. The summed E-state index contributed by atoms with van der Waals surface area (Å²) in [6.07, 6.45) is 1.92. The van der Waals surface area contributed by atoms with Gasteiger partial charge in [-0.05, 0) is 25.0 Å². The Morgan fingerprint density at radius 3 is 2.64 bits per heavy atom. The number of carboxylic acids is 1. The number of nitrogens with zero attached hydrogens (tertiary/aromatic N) is 2. The maximum Gasteiger partial charge on any atom is 0.308 e. The molecule has 22 heavy (non-hydrogen) atoms. The van der Waals surface area contributed by atoms with Crippen LogP contribution < -0.4 is 0 Å². The SMILES string of the molecule is C[C@@H](CN(C(=O)c1cc2ccccc2n1C)C1CC1)C(=O)O. The van der Waals surface area contributed by atoms with E-state index in [1.807, 2.05) is 41.9 Å². The number of carbonyl (C=O) groups excluding carboxylic acids is 1. The van der Waals surface area contributed by atoms with Gasteiger partial charge in [-0.15, -0.1) is 0 Å². The third-order valence-corrected chi connectivity index (χ3v) is 4.31. The first kappa shape index (κ1) is 14.6. The molecule has 1 amide bonds. The van der Waals surface area contributed by atoms with Crippen LogP contribution in [0.2, 0.25) is 0 Å². The van der Waals surface area contributed by atoms with Gasteiger partial charge in [0.15, 0.2) is 0 Å². The lowest BCUT2D eigenvalue weighted by molar-refractivity contribution is -0.141. The van der Waals surface area contributed by atoms with Crippen molar-refractivity contribution in [3.05, 3.63) is 36.0 Å². The second-order valence-electron chi connectivity index (χ2n) is 6.08. The summed E-state index contributed by atoms with van der Waals surface area (Å²) in [5, 5.41) is 10.1. The van der Waals surface area contributed by atoms with Crippen molar-refractivity contribution in [1.29, 1.82) is 0 Å². The predicted octanol–water partition coefficient (Wildman–Crippen LogP) is 2.50. The molecule has 1 aromatic carbocycles. The first-order valence-corrected chi connectivity index (χ1v) is 7.57. The first-order valence-electron chi connectivity index (χ1n) is 7.57. The molecule has 1 aliphatic carbocycles. The molecule has 1 heterocycles. The summed E-state index contributed by atoms with van der Waals surface area (Å²) in [6.45, 7) is 1.91. The molecule has 0 radical (unpaired) electrons. The van der Waals surface area contributed by atoms with Crippen LogP contribution in [-0.2, 0) is 11.8 Å². The Bertz CT molecular complexity index is 731. The Labute approximate surface area is 129 Å². The quantitative estimate of drug-likeness (QED) is 0.923. The molecule has 1 aromatic heterocycles. The van der Waals surface area contributed by atoms with Crippen LogP contribution in [0, 0.1) is 5.92 Å². The highest BCUT2D eigenvalue weighted by molar-refractivity contribution is 5.99. The zero-order valence-electron chi connectivity index (χ0n) is 12.8. The van der Waals surface area contributed by atoms with E-state index in [4.69, 9.17) is 5.11 Å². The van der Waals surface area contributed by atoms with Gasteiger partial charge >= 0.3 is 5.97 Å². The lowest BCUT2D eigenvalue weighted by atomic mass is 10.1. The number of fused-ring (bicyclic) bond motifs is 1. The standard InChI is InChI=1S/C17H20N2O3/c1-11(17(21)22)10-19(13-7-8-13)16(20)15-9-12-5-3-4-6-14(12)18(15)2/h3-6,9,11,13H,7-8,10H2,1-2H3,(H,21,22)/t11-/m0/s1. The topological polar surface area (TPSA) is 62.5 Å². The van der Waals surface area contributed by atoms with Crippen molar-refractivity contribution in [2.75, 3.05) is 6.54 Å². The van der Waals surface area contributed by atoms with Crippen molar-refractivity contribution in [2.24, 2.45) is 13.0 Å². The average molecular weight is 300 g/mol. The molecular weight excluding hydrogens is 280 g/mol. The lowest BCUT2D eigenvalue weighted by Crippen LogP contribution is -2.39. The first-order chi connectivity index (χ1) is 10.5. The van der Waals surface area contributed by atoms with E-state index in [-0.39, 0.29) is 18.5 Å². The number of rotatable bonds is 5. The second-order valence-corrected chi connectivity index (χ2v) is 6.08. The summed E-state index contributed by atoms with van der Waals surface area (Å²) in [4.78, 5) is 25.7. The number of aromatic nitrogens is 1. The summed E-state index contributed by atoms with van der Waals surface area (Å²) in [5.74, 6) is -1.50. The minimum Gasteiger partial charge on any atom is -0.481 e. The molecule has 3 rings (SSSR count). The summed E-state index contributed by atoms with van der Waals surface area (Å²) in [5.41, 5.74) is 1.62. The van der Waals surface area contributed by atoms with Crippen LogP contribution in [0.3, 0.4) is 0 Å². The van der Waals surface area contributed by atoms with E-state index in [2.05, 4.69) is 0 Å². The van der Waals surface area contributed by atoms with Crippen molar-refractivity contribution in [1.82, 2.24) is 9.47 Å². The fraction of sp³-hybridized carbons (Fsp3) is 0.412. The zero-order chi connectivity index (χ0) is 15.9. The Hall–Kier alpha value is -2.30. The number of carboxylic acid groups (broad SMARTS) is 1. The summed E-state index contributed by atoms with van der Waals surface area (Å²) < 4.78 is 1.89. The van der Waals surface area contributed by atoms with Crippen molar-refractivity contribution in [3.8, 4) is 0 Å². The highest BCUT2D eigenvalue weighted by Gasteiger charge is 2.35. The fourth-order valence-electron chi connectivity index (χ4n) is 2.80. The largest absolute Gasteiger partial charge is 0.481 e. The highest BCUT2D eigenvalue weighted by Crippen LogP contribution is 2.30. The van der Waals surface area contributed by atoms with Crippen LogP contribution in [0.5, 0.6) is 0 Å². The zero-order valence-corrected chi connectivity index (χ0v) is 12.8. The van der Waals surface area contributed by atoms with Gasteiger partial charge < -0.3 is 14.6 Å². The lowest BCUT2D eigenvalue weighted by Gasteiger charge is -2.24. The Balaban J connectivity index is 1.92. The van der Waals surface area contributed by atoms with Gasteiger partial charge in [0.2, 0.25) is 0 Å². The molecule has 0 aliphatic heterocycles. The second kappa shape index (κ2) is 5.48. The number of hydrogen-bond acceptors (Lipinski definition) is 2. The fourth-order valence-corrected chi connectivity index (χ4v) is 2.80. The number of hydrogen-bond donors (Lipinski definition) is 1. The van der Waals surface area contributed by atoms with Gasteiger partial charge in [-0.1, -0.05) is 25.1 Å². The van der Waals surface area contributed by atoms with Gasteiger partial charge in [0.1, 0.15) is 5.69 Å². The van der Waals surface area contributed by atoms with E-state index in [9.17, 15) is 9.59 Å². The van der Waals surface area contributed by atoms with Crippen molar-refractivity contribution >= 4 is 22.8 Å². The Morgan fingerprint density at radius 2 is 2.05 bits per heavy atom. The summed E-state index contributed by atoms with van der Waals surface area (Å²) in [7, 11) is 1.88. The minimum atomic E-state index is -0.865. The van der Waals surface area contributed by atoms with Crippen molar-refractivity contribution in [2.45, 2.75) is 25.8 Å². The maximum atomic E-state index is 12.9. The Kier molecular flexibility index (Phi) is 3.64. The third-order valence-electron chi connectivity index (χ3n) is 4.31. The average Bonchev–Trinajstić information content (AvgIpc) is 3.28. The van der Waals surface area contributed by atoms with E-state index >= 15 is 0 Å². The molecule has 116 valence electrons. The van der Waals surface area contributed by atoms with E-state index in [1.165, 1.54) is 0 Å². The van der Waals surface area contributed by atoms with Crippen LogP contribution in [0.4, 0.5) is 0 Å². The molecule has 0 unspecified atom stereocenters. The highest BCUT2D eigenvalue weighted by atomic mass is 16.4. The van der Waals surface area contributed by atoms with Crippen LogP contribution in [0.1, 0.15) is 30.3 Å². The van der Waals surface area contributed by atoms with Crippen LogP contribution in [0.25, 0.3) is 10.9 Å². The van der Waals surface area contributed by atoms with Crippen LogP contribution in [-0.4, -0.2) is 39.0 Å². The van der Waals surface area contributed by atoms with Crippen LogP contribution >= 0.6 is 0 Å². The minimum absolute atomic E-state index is 0.0747. The molecule has 1 fully saturated rings. The Morgan fingerprint density at radius 1 is 1.36 bits per heavy atom. The van der Waals surface area contributed by atoms with E-state index in [1.54, 1.807) is 11.8 Å². The predicted molar refractivity (Wildman–Crippen MR) is 83.8 cm³/mol. The van der Waals surface area contributed by atoms with Crippen molar-refractivity contribution < 1.29 is 14.7 Å². The summed E-state index contributed by atoms with van der Waals surface area (Å²) in [6, 6.07) is 9.93. The van der Waals surface area contributed by atoms with Gasteiger partial charge in [-0.2, -0.15) is 0 Å². The third kappa shape index (κ3) is 2.58. The molecule has 1 N–H and O–H groups in total. The maximum absolute atomic E-state index is 12.9. The van der Waals surface area contributed by atoms with Crippen molar-refractivity contribution in [3.63, 3.8) is 0 Å². The van der Waals surface area contributed by atoms with Gasteiger partial charge in [0.05, 0.1) is 5.92 Å². The molecule has 1 aliphatic rings. The van der Waals surface area contributed by atoms with Gasteiger partial charge in [0, 0.05) is 30.5 Å². The van der Waals surface area contributed by atoms with E-state index in [0.717, 1.165) is 23.7 Å². The van der Waals surface area contributed by atoms with Gasteiger partial charge in [0.25, 0.3) is 5.91 Å². The molecule has 1 saturated carbocycles. The number of carbonyl (C=O) groups is 2. The molecular formula is C17H20N2O3. The van der Waals surface area contributed by atoms with Crippen LogP contribution in [0.15, 0.2) is 30.3 Å². The normalized spacial score (nSPS) is 15.7. The summed E-state index contributed by atoms with van der Waals surface area (Å²) >= 11 is 0. The molecule has 5 heteroatoms. The van der Waals surface area contributed by atoms with E-state index < -0.39 is 11.9 Å². The molecule has 5 nitrogen and oxygen atoms in total. The molecule has 0 bridgehead atoms.